The Morgan fingerprint density at radius 3 is 1.51 bits per heavy atom. The van der Waals surface area contributed by atoms with Gasteiger partial charge in [0.25, 0.3) is 0 Å². The number of hydrogen-bond acceptors (Lipinski definition) is 7. The second kappa shape index (κ2) is 28.7. The van der Waals surface area contributed by atoms with E-state index in [2.05, 4.69) is 35.9 Å². The van der Waals surface area contributed by atoms with Crippen molar-refractivity contribution in [2.45, 2.75) is 53.4 Å². The Kier molecular flexibility index (Phi) is 23.5. The molecule has 0 aliphatic carbocycles. The summed E-state index contributed by atoms with van der Waals surface area (Å²) in [5.41, 5.74) is 8.96. The molecule has 2 N–H and O–H groups in total. The first kappa shape index (κ1) is 53.3. The largest absolute Gasteiger partial charge is 0.507 e. The number of aliphatic hydroxyl groups excluding tert-OH is 2. The number of unbranched alkanes of at least 4 members (excludes halogenated alkanes) is 1. The van der Waals surface area contributed by atoms with Crippen LogP contribution in [0, 0.1) is 18.1 Å². The zero-order valence-electron chi connectivity index (χ0n) is 37.0. The number of aromatic nitrogens is 2. The van der Waals surface area contributed by atoms with Gasteiger partial charge in [0, 0.05) is 81.4 Å². The molecule has 338 valence electrons. The quantitative estimate of drug-likeness (QED) is 0.0598. The summed E-state index contributed by atoms with van der Waals surface area (Å²) in [5.74, 6) is 0.690. The van der Waals surface area contributed by atoms with E-state index in [1.165, 1.54) is 32.4 Å². The molecule has 7 aromatic rings. The van der Waals surface area contributed by atoms with Gasteiger partial charge in [0.15, 0.2) is 11.6 Å². The summed E-state index contributed by atoms with van der Waals surface area (Å²) in [5, 5.41) is 20.3. The van der Waals surface area contributed by atoms with Crippen molar-refractivity contribution in [2.24, 2.45) is 5.92 Å². The van der Waals surface area contributed by atoms with Crippen LogP contribution >= 0.6 is 0 Å². The maximum Gasteiger partial charge on any atom is 0.156 e. The number of allylic oxidation sites excluding steroid dienone is 2. The van der Waals surface area contributed by atoms with Gasteiger partial charge in [-0.1, -0.05) is 118 Å². The predicted octanol–water partition coefficient (Wildman–Crippen LogP) is 13.7. The number of benzene rings is 5. The summed E-state index contributed by atoms with van der Waals surface area (Å²) in [6, 6.07) is 54.5. The molecular formula is C56H54Ir2N2O5-2. The van der Waals surface area contributed by atoms with Gasteiger partial charge >= 0.3 is 0 Å². The van der Waals surface area contributed by atoms with E-state index in [1.54, 1.807) is 36.7 Å². The van der Waals surface area contributed by atoms with Gasteiger partial charge < -0.3 is 24.9 Å². The monoisotopic (exact) mass is 1220 g/mol. The molecule has 0 aliphatic rings. The SMILES string of the molecule is CCCCC(CC)COc1cc(-c2ccc(C(O)=CC(C)=O)cc2)ccc1-c1ccc(C(O)=CC(C)=O)cc1.[Ir].[Ir].[c-]1ccccc1-c1ccccn1.[c-]1ccccc1-c1ccccn1. The molecule has 2 heterocycles. The Morgan fingerprint density at radius 1 is 0.615 bits per heavy atom. The molecule has 2 aromatic heterocycles. The van der Waals surface area contributed by atoms with Crippen LogP contribution in [0.15, 0.2) is 176 Å². The standard InChI is InChI=1S/C34H38O5.2C11H8N.2Ir/c1-5-7-8-25(6-2)22-39-34-21-30(26-9-13-28(14-10-26)32(37)19-23(3)35)17-18-31(34)27-11-15-29(16-12-27)33(38)20-24(4)36;2*1-2-6-10(7-3-1)11-8-4-5-9-12-11;;/h9-21,25,37-38H,5-8,22H2,1-4H3;2*1-6,8-9H;;/q;2*-1;;. The number of carbonyl (C=O) groups excluding carboxylic acids is 2. The van der Waals surface area contributed by atoms with E-state index < -0.39 is 0 Å². The number of nitrogens with zero attached hydrogens (tertiary/aromatic N) is 2. The van der Waals surface area contributed by atoms with Crippen molar-refractivity contribution < 1.29 is 64.7 Å². The first-order valence-electron chi connectivity index (χ1n) is 21.2. The predicted molar refractivity (Wildman–Crippen MR) is 256 cm³/mol. The summed E-state index contributed by atoms with van der Waals surface area (Å²) >= 11 is 0. The van der Waals surface area contributed by atoms with Crippen molar-refractivity contribution in [1.82, 2.24) is 9.97 Å². The molecule has 2 radical (unpaired) electrons. The topological polar surface area (TPSA) is 110 Å². The number of hydrogen-bond donors (Lipinski definition) is 2. The molecule has 1 atom stereocenters. The van der Waals surface area contributed by atoms with E-state index in [-0.39, 0.29) is 63.3 Å². The average molecular weight is 1220 g/mol. The first-order valence-corrected chi connectivity index (χ1v) is 21.2. The van der Waals surface area contributed by atoms with Gasteiger partial charge in [-0.15, -0.1) is 71.8 Å². The van der Waals surface area contributed by atoms with Gasteiger partial charge in [-0.3, -0.25) is 9.59 Å². The van der Waals surface area contributed by atoms with E-state index in [9.17, 15) is 19.8 Å². The van der Waals surface area contributed by atoms with Crippen LogP contribution < -0.4 is 4.74 Å². The zero-order valence-corrected chi connectivity index (χ0v) is 41.8. The molecule has 1 unspecified atom stereocenters. The van der Waals surface area contributed by atoms with Gasteiger partial charge in [-0.05, 0) is 72.5 Å². The number of carbonyl (C=O) groups is 2. The van der Waals surface area contributed by atoms with Crippen LogP contribution in [0.25, 0.3) is 56.3 Å². The molecule has 7 nitrogen and oxygen atoms in total. The molecule has 0 spiro atoms. The molecule has 9 heteroatoms. The van der Waals surface area contributed by atoms with Gasteiger partial charge in [0.2, 0.25) is 0 Å². The van der Waals surface area contributed by atoms with E-state index in [4.69, 9.17) is 4.74 Å². The fraction of sp³-hybridized carbons (Fsp3) is 0.179. The molecule has 7 rings (SSSR count). The van der Waals surface area contributed by atoms with Crippen molar-refractivity contribution >= 4 is 23.1 Å². The molecular weight excluding hydrogens is 1170 g/mol. The van der Waals surface area contributed by atoms with Crippen LogP contribution in [0.3, 0.4) is 0 Å². The summed E-state index contributed by atoms with van der Waals surface area (Å²) in [6.07, 6.45) is 10.5. The third-order valence-corrected chi connectivity index (χ3v) is 9.98. The maximum atomic E-state index is 11.3. The number of ketones is 2. The van der Waals surface area contributed by atoms with Gasteiger partial charge in [0.1, 0.15) is 17.3 Å². The van der Waals surface area contributed by atoms with Crippen molar-refractivity contribution in [2.75, 3.05) is 6.61 Å². The van der Waals surface area contributed by atoms with Gasteiger partial charge in [0.05, 0.1) is 6.61 Å². The van der Waals surface area contributed by atoms with Gasteiger partial charge in [-0.25, -0.2) is 0 Å². The Labute approximate surface area is 411 Å². The van der Waals surface area contributed by atoms with E-state index in [1.807, 2.05) is 127 Å². The molecule has 0 saturated heterocycles. The molecule has 65 heavy (non-hydrogen) atoms. The summed E-state index contributed by atoms with van der Waals surface area (Å²) in [7, 11) is 0. The maximum absolute atomic E-state index is 11.3. The minimum Gasteiger partial charge on any atom is -0.507 e. The molecule has 0 aliphatic heterocycles. The number of rotatable bonds is 15. The van der Waals surface area contributed by atoms with Crippen molar-refractivity contribution in [3.05, 3.63) is 199 Å². The number of ether oxygens (including phenoxy) is 1. The summed E-state index contributed by atoms with van der Waals surface area (Å²) < 4.78 is 6.45. The van der Waals surface area contributed by atoms with E-state index in [0.29, 0.717) is 23.7 Å². The van der Waals surface area contributed by atoms with Crippen molar-refractivity contribution in [3.8, 4) is 50.5 Å². The first-order chi connectivity index (χ1) is 30.6. The summed E-state index contributed by atoms with van der Waals surface area (Å²) in [4.78, 5) is 31.1. The Bertz CT molecular complexity index is 2380. The smallest absolute Gasteiger partial charge is 0.156 e. The Morgan fingerprint density at radius 2 is 1.09 bits per heavy atom. The molecule has 5 aromatic carbocycles. The second-order valence-corrected chi connectivity index (χ2v) is 14.9. The number of aliphatic hydroxyl groups is 2. The summed E-state index contributed by atoms with van der Waals surface area (Å²) in [6.45, 7) is 7.81. The van der Waals surface area contributed by atoms with Crippen LogP contribution in [-0.4, -0.2) is 38.4 Å². The third-order valence-electron chi connectivity index (χ3n) is 9.98. The van der Waals surface area contributed by atoms with Crippen LogP contribution in [0.2, 0.25) is 0 Å². The van der Waals surface area contributed by atoms with Crippen LogP contribution in [0.4, 0.5) is 0 Å². The van der Waals surface area contributed by atoms with Crippen molar-refractivity contribution in [1.29, 1.82) is 0 Å². The van der Waals surface area contributed by atoms with E-state index in [0.717, 1.165) is 69.8 Å². The molecule has 0 saturated carbocycles. The van der Waals surface area contributed by atoms with E-state index >= 15 is 0 Å². The Balaban J connectivity index is 0.000000346. The number of pyridine rings is 2. The fourth-order valence-corrected chi connectivity index (χ4v) is 6.52. The third kappa shape index (κ3) is 17.4. The van der Waals surface area contributed by atoms with Crippen LogP contribution in [0.5, 0.6) is 5.75 Å². The minimum atomic E-state index is -0.213. The van der Waals surface area contributed by atoms with Crippen molar-refractivity contribution in [3.63, 3.8) is 0 Å². The molecule has 0 fully saturated rings. The Hall–Kier alpha value is -6.08. The molecule has 0 amide bonds. The van der Waals surface area contributed by atoms with Crippen LogP contribution in [-0.2, 0) is 49.8 Å². The molecule has 0 bridgehead atoms. The normalized spacial score (nSPS) is 11.2. The fourth-order valence-electron chi connectivity index (χ4n) is 6.52. The second-order valence-electron chi connectivity index (χ2n) is 14.9. The van der Waals surface area contributed by atoms with Crippen LogP contribution in [0.1, 0.15) is 64.5 Å². The zero-order chi connectivity index (χ0) is 44.8. The van der Waals surface area contributed by atoms with Gasteiger partial charge in [-0.2, -0.15) is 0 Å². The minimum absolute atomic E-state index is 0. The average Bonchev–Trinajstić information content (AvgIpc) is 3.33.